The third-order valence-corrected chi connectivity index (χ3v) is 5.22. The van der Waals surface area contributed by atoms with Crippen LogP contribution in [-0.4, -0.2) is 35.4 Å². The van der Waals surface area contributed by atoms with Crippen LogP contribution in [0.4, 0.5) is 0 Å². The molecule has 6 heteroatoms. The Labute approximate surface area is 163 Å². The Bertz CT molecular complexity index is 546. The van der Waals surface area contributed by atoms with Crippen LogP contribution < -0.4 is 10.6 Å². The lowest BCUT2D eigenvalue weighted by atomic mass is 9.94. The van der Waals surface area contributed by atoms with Gasteiger partial charge in [0.1, 0.15) is 0 Å². The fourth-order valence-electron chi connectivity index (χ4n) is 3.74. The molecule has 0 aromatic carbocycles. The van der Waals surface area contributed by atoms with Gasteiger partial charge in [0.25, 0.3) is 0 Å². The predicted octanol–water partition coefficient (Wildman–Crippen LogP) is 3.29. The Kier molecular flexibility index (Phi) is 7.37. The highest BCUT2D eigenvalue weighted by molar-refractivity contribution is 14.0. The molecule has 0 radical (unpaired) electrons. The van der Waals surface area contributed by atoms with Crippen molar-refractivity contribution in [2.24, 2.45) is 10.9 Å². The van der Waals surface area contributed by atoms with E-state index in [4.69, 9.17) is 5.10 Å². The molecule has 2 aliphatic rings. The second-order valence-corrected chi connectivity index (χ2v) is 7.36. The van der Waals surface area contributed by atoms with Crippen LogP contribution in [0.3, 0.4) is 0 Å². The van der Waals surface area contributed by atoms with Gasteiger partial charge in [-0.05, 0) is 51.0 Å². The molecule has 1 unspecified atom stereocenters. The molecule has 1 saturated carbocycles. The Morgan fingerprint density at radius 1 is 1.33 bits per heavy atom. The molecule has 2 N–H and O–H groups in total. The van der Waals surface area contributed by atoms with Crippen LogP contribution in [0.15, 0.2) is 11.2 Å². The Balaban J connectivity index is 0.00000208. The number of guanidine groups is 1. The van der Waals surface area contributed by atoms with Crippen molar-refractivity contribution in [1.82, 2.24) is 20.4 Å². The molecule has 0 aliphatic heterocycles. The molecular weight excluding hydrogens is 413 g/mol. The van der Waals surface area contributed by atoms with Crippen molar-refractivity contribution in [3.63, 3.8) is 0 Å². The number of nitrogens with zero attached hydrogens (tertiary/aromatic N) is 3. The smallest absolute Gasteiger partial charge is 0.191 e. The number of halogens is 1. The van der Waals surface area contributed by atoms with Gasteiger partial charge in [0, 0.05) is 38.3 Å². The second kappa shape index (κ2) is 9.06. The third kappa shape index (κ3) is 4.86. The van der Waals surface area contributed by atoms with Crippen molar-refractivity contribution in [1.29, 1.82) is 0 Å². The monoisotopic (exact) mass is 445 g/mol. The third-order valence-electron chi connectivity index (χ3n) is 5.22. The number of hydrogen-bond acceptors (Lipinski definition) is 2. The van der Waals surface area contributed by atoms with Crippen molar-refractivity contribution in [2.75, 3.05) is 13.6 Å². The van der Waals surface area contributed by atoms with Crippen LogP contribution in [0.1, 0.15) is 63.3 Å². The number of fused-ring (bicyclic) bond motifs is 1. The van der Waals surface area contributed by atoms with Crippen molar-refractivity contribution < 1.29 is 0 Å². The summed E-state index contributed by atoms with van der Waals surface area (Å²) in [6.07, 6.45) is 11.0. The number of aromatic nitrogens is 2. The average Bonchev–Trinajstić information content (AvgIpc) is 3.20. The van der Waals surface area contributed by atoms with Gasteiger partial charge in [-0.15, -0.1) is 24.0 Å². The zero-order valence-corrected chi connectivity index (χ0v) is 17.5. The van der Waals surface area contributed by atoms with Crippen molar-refractivity contribution >= 4 is 29.9 Å². The number of aryl methyl sites for hydroxylation is 1. The van der Waals surface area contributed by atoms with E-state index < -0.39 is 0 Å². The lowest BCUT2D eigenvalue weighted by Crippen LogP contribution is -2.46. The second-order valence-electron chi connectivity index (χ2n) is 7.36. The van der Waals surface area contributed by atoms with Crippen molar-refractivity contribution in [3.8, 4) is 0 Å². The number of nitrogens with one attached hydrogen (secondary N) is 2. The lowest BCUT2D eigenvalue weighted by Gasteiger charge is -2.25. The molecule has 0 spiro atoms. The largest absolute Gasteiger partial charge is 0.356 e. The van der Waals surface area contributed by atoms with E-state index in [-0.39, 0.29) is 24.0 Å². The van der Waals surface area contributed by atoms with E-state index in [2.05, 4.69) is 40.4 Å². The summed E-state index contributed by atoms with van der Waals surface area (Å²) in [5, 5.41) is 11.9. The molecule has 1 heterocycles. The molecule has 1 atom stereocenters. The van der Waals surface area contributed by atoms with Gasteiger partial charge in [-0.25, -0.2) is 0 Å². The van der Waals surface area contributed by atoms with Crippen LogP contribution in [0.5, 0.6) is 0 Å². The highest BCUT2D eigenvalue weighted by Crippen LogP contribution is 2.24. The van der Waals surface area contributed by atoms with Crippen molar-refractivity contribution in [3.05, 3.63) is 17.5 Å². The van der Waals surface area contributed by atoms with E-state index >= 15 is 0 Å². The molecule has 0 amide bonds. The topological polar surface area (TPSA) is 54.2 Å². The summed E-state index contributed by atoms with van der Waals surface area (Å²) in [4.78, 5) is 4.40. The lowest BCUT2D eigenvalue weighted by molar-refractivity contribution is 0.490. The first-order valence-corrected chi connectivity index (χ1v) is 9.19. The minimum Gasteiger partial charge on any atom is -0.356 e. The molecule has 5 nitrogen and oxygen atoms in total. The van der Waals surface area contributed by atoms with Crippen LogP contribution in [0.25, 0.3) is 0 Å². The number of rotatable bonds is 4. The fraction of sp³-hybridized carbons (Fsp3) is 0.778. The van der Waals surface area contributed by atoms with E-state index in [9.17, 15) is 0 Å². The van der Waals surface area contributed by atoms with Gasteiger partial charge in [-0.1, -0.05) is 12.8 Å². The summed E-state index contributed by atoms with van der Waals surface area (Å²) in [6.45, 7) is 5.42. The summed E-state index contributed by atoms with van der Waals surface area (Å²) in [7, 11) is 1.87. The van der Waals surface area contributed by atoms with Crippen LogP contribution >= 0.6 is 24.0 Å². The molecule has 0 saturated heterocycles. The molecule has 136 valence electrons. The van der Waals surface area contributed by atoms with E-state index in [1.54, 1.807) is 0 Å². The van der Waals surface area contributed by atoms with Gasteiger partial charge in [0.2, 0.25) is 0 Å². The summed E-state index contributed by atoms with van der Waals surface area (Å²) in [5.74, 6) is 1.78. The maximum absolute atomic E-state index is 4.76. The zero-order valence-electron chi connectivity index (χ0n) is 15.2. The molecule has 1 aromatic rings. The van der Waals surface area contributed by atoms with E-state index in [1.165, 1.54) is 36.9 Å². The average molecular weight is 445 g/mol. The number of aliphatic imine (C=N–C) groups is 1. The fourth-order valence-corrected chi connectivity index (χ4v) is 3.74. The molecule has 0 bridgehead atoms. The molecule has 24 heavy (non-hydrogen) atoms. The predicted molar refractivity (Wildman–Crippen MR) is 110 cm³/mol. The maximum Gasteiger partial charge on any atom is 0.191 e. The van der Waals surface area contributed by atoms with Crippen LogP contribution in [0, 0.1) is 5.92 Å². The summed E-state index contributed by atoms with van der Waals surface area (Å²) < 4.78 is 2.10. The van der Waals surface area contributed by atoms with Gasteiger partial charge in [0.05, 0.1) is 5.69 Å². The van der Waals surface area contributed by atoms with Gasteiger partial charge < -0.3 is 10.6 Å². The molecule has 3 rings (SSSR count). The van der Waals surface area contributed by atoms with Gasteiger partial charge in [0.15, 0.2) is 5.96 Å². The summed E-state index contributed by atoms with van der Waals surface area (Å²) in [6, 6.07) is 0.876. The highest BCUT2D eigenvalue weighted by Gasteiger charge is 2.23. The quantitative estimate of drug-likeness (QED) is 0.425. The minimum atomic E-state index is 0. The molecule has 2 aliphatic carbocycles. The Hall–Kier alpha value is -0.790. The Morgan fingerprint density at radius 3 is 2.75 bits per heavy atom. The summed E-state index contributed by atoms with van der Waals surface area (Å²) in [5.41, 5.74) is 2.68. The normalized spacial score (nSPS) is 21.5. The van der Waals surface area contributed by atoms with E-state index in [0.717, 1.165) is 37.7 Å². The van der Waals surface area contributed by atoms with Gasteiger partial charge in [-0.3, -0.25) is 9.67 Å². The van der Waals surface area contributed by atoms with E-state index in [0.29, 0.717) is 12.1 Å². The first-order valence-electron chi connectivity index (χ1n) is 9.19. The van der Waals surface area contributed by atoms with Gasteiger partial charge in [-0.2, -0.15) is 5.10 Å². The number of hydrogen-bond donors (Lipinski definition) is 2. The standard InChI is InChI=1S/C18H31N5.HI/c1-13(2)23-12-15-8-9-16(10-17(15)22-23)21-18(19-3)20-11-14-6-4-5-7-14;/h12-14,16H,4-11H2,1-3H3,(H2,19,20,21);1H. The van der Waals surface area contributed by atoms with Gasteiger partial charge >= 0.3 is 0 Å². The van der Waals surface area contributed by atoms with Crippen LogP contribution in [-0.2, 0) is 12.8 Å². The molecule has 1 fully saturated rings. The zero-order chi connectivity index (χ0) is 16.2. The minimum absolute atomic E-state index is 0. The van der Waals surface area contributed by atoms with E-state index in [1.807, 2.05) is 7.05 Å². The maximum atomic E-state index is 4.76. The summed E-state index contributed by atoms with van der Waals surface area (Å²) >= 11 is 0. The van der Waals surface area contributed by atoms with Crippen molar-refractivity contribution in [2.45, 2.75) is 70.9 Å². The first-order chi connectivity index (χ1) is 11.2. The highest BCUT2D eigenvalue weighted by atomic mass is 127. The Morgan fingerprint density at radius 2 is 2.08 bits per heavy atom. The first kappa shape index (κ1) is 19.5. The molecular formula is C18H32IN5. The van der Waals surface area contributed by atoms with Crippen LogP contribution in [0.2, 0.25) is 0 Å². The molecule has 1 aromatic heterocycles. The SMILES string of the molecule is CN=C(NCC1CCCC1)NC1CCc2cn(C(C)C)nc2C1.I.